The first-order valence-corrected chi connectivity index (χ1v) is 12.7. The lowest BCUT2D eigenvalue weighted by Crippen LogP contribution is -2.39. The van der Waals surface area contributed by atoms with Crippen LogP contribution >= 0.6 is 0 Å². The van der Waals surface area contributed by atoms with Crippen molar-refractivity contribution in [3.8, 4) is 5.82 Å². The van der Waals surface area contributed by atoms with Crippen molar-refractivity contribution in [3.05, 3.63) is 53.1 Å². The molecule has 1 fully saturated rings. The van der Waals surface area contributed by atoms with E-state index in [-0.39, 0.29) is 11.6 Å². The van der Waals surface area contributed by atoms with Gasteiger partial charge in [-0.15, -0.1) is 6.58 Å². The van der Waals surface area contributed by atoms with Gasteiger partial charge in [0.2, 0.25) is 5.95 Å². The fourth-order valence-electron chi connectivity index (χ4n) is 4.62. The van der Waals surface area contributed by atoms with Crippen molar-refractivity contribution in [1.29, 1.82) is 0 Å². The van der Waals surface area contributed by atoms with E-state index < -0.39 is 5.60 Å². The second kappa shape index (κ2) is 11.3. The third-order valence-electron chi connectivity index (χ3n) is 6.63. The average Bonchev–Trinajstić information content (AvgIpc) is 3.13. The van der Waals surface area contributed by atoms with E-state index in [1.165, 1.54) is 12.8 Å². The average molecular weight is 495 g/mol. The molecule has 10 nitrogen and oxygen atoms in total. The van der Waals surface area contributed by atoms with Crippen LogP contribution in [0.2, 0.25) is 0 Å². The summed E-state index contributed by atoms with van der Waals surface area (Å²) in [4.78, 5) is 29.5. The van der Waals surface area contributed by atoms with Crippen molar-refractivity contribution in [2.45, 2.75) is 57.7 Å². The van der Waals surface area contributed by atoms with Crippen LogP contribution in [-0.4, -0.2) is 73.6 Å². The Morgan fingerprint density at radius 2 is 2.00 bits per heavy atom. The van der Waals surface area contributed by atoms with E-state index in [1.54, 1.807) is 47.6 Å². The smallest absolute Gasteiger partial charge is 0.278 e. The number of nitrogens with zero attached hydrogens (tertiary/aromatic N) is 6. The minimum Gasteiger partial charge on any atom is -0.384 e. The molecule has 3 aromatic rings. The number of anilines is 1. The number of piperidine rings is 1. The summed E-state index contributed by atoms with van der Waals surface area (Å²) in [6.07, 6.45) is 7.69. The number of pyridine rings is 1. The van der Waals surface area contributed by atoms with Crippen LogP contribution in [0.1, 0.15) is 45.2 Å². The fraction of sp³-hybridized carbons (Fsp3) is 0.538. The molecule has 3 aromatic heterocycles. The summed E-state index contributed by atoms with van der Waals surface area (Å²) in [6.45, 7) is 11.8. The maximum Gasteiger partial charge on any atom is 0.278 e. The summed E-state index contributed by atoms with van der Waals surface area (Å²) >= 11 is 0. The molecule has 0 bridgehead atoms. The van der Waals surface area contributed by atoms with Gasteiger partial charge in [0.1, 0.15) is 11.0 Å². The van der Waals surface area contributed by atoms with Gasteiger partial charge in [-0.05, 0) is 71.8 Å². The summed E-state index contributed by atoms with van der Waals surface area (Å²) in [5, 5.41) is 17.6. The zero-order chi connectivity index (χ0) is 25.7. The van der Waals surface area contributed by atoms with Gasteiger partial charge in [-0.1, -0.05) is 12.1 Å². The van der Waals surface area contributed by atoms with E-state index in [1.807, 2.05) is 13.1 Å². The molecule has 0 aliphatic carbocycles. The summed E-state index contributed by atoms with van der Waals surface area (Å²) in [7, 11) is 1.99. The maximum absolute atomic E-state index is 13.2. The number of unbranched alkanes of at least 4 members (excludes halogenated alkanes) is 1. The van der Waals surface area contributed by atoms with E-state index in [0.29, 0.717) is 35.0 Å². The van der Waals surface area contributed by atoms with Gasteiger partial charge in [0.05, 0.1) is 12.2 Å². The number of hydrogen-bond acceptors (Lipinski definition) is 8. The summed E-state index contributed by atoms with van der Waals surface area (Å²) in [6, 6.07) is 5.66. The van der Waals surface area contributed by atoms with E-state index in [9.17, 15) is 9.90 Å². The van der Waals surface area contributed by atoms with Crippen LogP contribution in [0, 0.1) is 0 Å². The molecule has 3 N–H and O–H groups in total. The number of likely N-dealkylation sites (tertiary alicyclic amines) is 1. The molecule has 1 aliphatic heterocycles. The summed E-state index contributed by atoms with van der Waals surface area (Å²) < 4.78 is 3.23. The minimum absolute atomic E-state index is 0.210. The first kappa shape index (κ1) is 26.0. The summed E-state index contributed by atoms with van der Waals surface area (Å²) in [5.41, 5.74) is -0.351. The standard InChI is InChI=1S/C26H38N8O2/c1-5-14-33-24(35)20-18-28-25(29-19-11-16-32(17-12-19)15-7-6-13-27-4)31-23(20)34(33)22-10-8-9-21(30-22)26(2,3)36/h5,8-10,18-19,27,36H,1,6-7,11-17H2,2-4H3,(H,28,29,31). The molecule has 1 aliphatic rings. The number of fused-ring (bicyclic) bond motifs is 1. The van der Waals surface area contributed by atoms with E-state index in [4.69, 9.17) is 4.98 Å². The number of aliphatic hydroxyl groups is 1. The fourth-order valence-corrected chi connectivity index (χ4v) is 4.62. The van der Waals surface area contributed by atoms with Gasteiger partial charge in [0.25, 0.3) is 5.56 Å². The Morgan fingerprint density at radius 3 is 2.69 bits per heavy atom. The molecule has 194 valence electrons. The van der Waals surface area contributed by atoms with Crippen molar-refractivity contribution >= 4 is 17.0 Å². The second-order valence-electron chi connectivity index (χ2n) is 9.93. The Balaban J connectivity index is 1.58. The number of nitrogens with one attached hydrogen (secondary N) is 2. The maximum atomic E-state index is 13.2. The molecule has 0 aromatic carbocycles. The van der Waals surface area contributed by atoms with Gasteiger partial charge in [-0.2, -0.15) is 4.98 Å². The molecule has 0 radical (unpaired) electrons. The van der Waals surface area contributed by atoms with Gasteiger partial charge in [-0.3, -0.25) is 4.79 Å². The van der Waals surface area contributed by atoms with E-state index >= 15 is 0 Å². The quantitative estimate of drug-likeness (QED) is 0.275. The Hall–Kier alpha value is -3.08. The normalized spacial score (nSPS) is 15.4. The van der Waals surface area contributed by atoms with Crippen LogP contribution in [0.3, 0.4) is 0 Å². The highest BCUT2D eigenvalue weighted by atomic mass is 16.3. The van der Waals surface area contributed by atoms with E-state index in [2.05, 4.69) is 32.1 Å². The highest BCUT2D eigenvalue weighted by molar-refractivity contribution is 5.76. The van der Waals surface area contributed by atoms with Crippen LogP contribution in [-0.2, 0) is 12.1 Å². The molecular formula is C26H38N8O2. The molecule has 0 spiro atoms. The molecule has 4 heterocycles. The molecule has 0 saturated carbocycles. The molecule has 36 heavy (non-hydrogen) atoms. The predicted molar refractivity (Wildman–Crippen MR) is 143 cm³/mol. The van der Waals surface area contributed by atoms with Gasteiger partial charge in [-0.25, -0.2) is 19.3 Å². The first-order valence-electron chi connectivity index (χ1n) is 12.7. The monoisotopic (exact) mass is 494 g/mol. The van der Waals surface area contributed by atoms with Crippen molar-refractivity contribution in [2.75, 3.05) is 38.5 Å². The van der Waals surface area contributed by atoms with Gasteiger partial charge < -0.3 is 20.6 Å². The molecule has 1 saturated heterocycles. The topological polar surface area (TPSA) is 113 Å². The van der Waals surface area contributed by atoms with Crippen molar-refractivity contribution in [3.63, 3.8) is 0 Å². The zero-order valence-corrected chi connectivity index (χ0v) is 21.6. The van der Waals surface area contributed by atoms with Gasteiger partial charge in [0, 0.05) is 25.3 Å². The van der Waals surface area contributed by atoms with Crippen molar-refractivity contribution in [1.82, 2.24) is 34.5 Å². The van der Waals surface area contributed by atoms with Gasteiger partial charge >= 0.3 is 0 Å². The number of allylic oxidation sites excluding steroid dienone is 1. The lowest BCUT2D eigenvalue weighted by molar-refractivity contribution is 0.0738. The molecule has 0 unspecified atom stereocenters. The largest absolute Gasteiger partial charge is 0.384 e. The van der Waals surface area contributed by atoms with Gasteiger partial charge in [0.15, 0.2) is 11.5 Å². The third-order valence-corrected chi connectivity index (χ3v) is 6.63. The third kappa shape index (κ3) is 5.83. The van der Waals surface area contributed by atoms with E-state index in [0.717, 1.165) is 39.0 Å². The van der Waals surface area contributed by atoms with Crippen LogP contribution in [0.15, 0.2) is 41.8 Å². The minimum atomic E-state index is -1.12. The number of rotatable bonds is 11. The van der Waals surface area contributed by atoms with Crippen molar-refractivity contribution < 1.29 is 5.11 Å². The Labute approximate surface area is 212 Å². The van der Waals surface area contributed by atoms with Crippen LogP contribution < -0.4 is 16.2 Å². The van der Waals surface area contributed by atoms with Crippen LogP contribution in [0.25, 0.3) is 16.9 Å². The molecular weight excluding hydrogens is 456 g/mol. The first-order chi connectivity index (χ1) is 17.3. The lowest BCUT2D eigenvalue weighted by atomic mass is 10.0. The zero-order valence-electron chi connectivity index (χ0n) is 21.6. The number of hydrogen-bond donors (Lipinski definition) is 3. The SMILES string of the molecule is C=CCn1c(=O)c2cnc(NC3CCN(CCCCNC)CC3)nc2n1-c1cccc(C(C)(C)O)n1. The molecule has 4 rings (SSSR count). The lowest BCUT2D eigenvalue weighted by Gasteiger charge is -2.32. The Morgan fingerprint density at radius 1 is 1.22 bits per heavy atom. The highest BCUT2D eigenvalue weighted by Crippen LogP contribution is 2.22. The predicted octanol–water partition coefficient (Wildman–Crippen LogP) is 2.27. The molecule has 10 heteroatoms. The Kier molecular flexibility index (Phi) is 8.17. The van der Waals surface area contributed by atoms with Crippen LogP contribution in [0.5, 0.6) is 0 Å². The highest BCUT2D eigenvalue weighted by Gasteiger charge is 2.23. The van der Waals surface area contributed by atoms with Crippen LogP contribution in [0.4, 0.5) is 5.95 Å². The molecule has 0 atom stereocenters. The Bertz CT molecular complexity index is 1230. The number of aromatic nitrogens is 5. The molecule has 0 amide bonds. The summed E-state index contributed by atoms with van der Waals surface area (Å²) in [5.74, 6) is 0.998. The second-order valence-corrected chi connectivity index (χ2v) is 9.93. The van der Waals surface area contributed by atoms with Crippen molar-refractivity contribution in [2.24, 2.45) is 0 Å².